The number of aliphatic hydroxyl groups excluding tert-OH is 2. The van der Waals surface area contributed by atoms with E-state index in [0.717, 1.165) is 22.9 Å². The van der Waals surface area contributed by atoms with Gasteiger partial charge in [0.05, 0.1) is 24.3 Å². The Morgan fingerprint density at radius 2 is 1.30 bits per heavy atom. The maximum absolute atomic E-state index is 13.7. The molecule has 2 aromatic carbocycles. The van der Waals surface area contributed by atoms with Crippen molar-refractivity contribution in [3.05, 3.63) is 91.4 Å². The summed E-state index contributed by atoms with van der Waals surface area (Å²) in [5.74, 6) is -1.54. The van der Waals surface area contributed by atoms with Gasteiger partial charge in [0.25, 0.3) is 0 Å². The molecule has 4 aromatic heterocycles. The fourth-order valence-corrected chi connectivity index (χ4v) is 7.81. The lowest BCUT2D eigenvalue weighted by Gasteiger charge is -2.30. The molecular weight excluding hydrogens is 835 g/mol. The lowest BCUT2D eigenvalue weighted by molar-refractivity contribution is 0.0499. The van der Waals surface area contributed by atoms with Gasteiger partial charge in [0.1, 0.15) is 17.2 Å². The van der Waals surface area contributed by atoms with E-state index in [1.54, 1.807) is 32.9 Å². The van der Waals surface area contributed by atoms with Gasteiger partial charge in [-0.05, 0) is 101 Å². The Bertz CT molecular complexity index is 2560. The Morgan fingerprint density at radius 3 is 1.75 bits per heavy atom. The summed E-state index contributed by atoms with van der Waals surface area (Å²) in [5, 5.41) is 45.7. The molecule has 0 bridgehead atoms. The Labute approximate surface area is 346 Å². The maximum Gasteiger partial charge on any atom is 0.442 e. The predicted molar refractivity (Wildman–Crippen MR) is 208 cm³/mol. The number of hydrogen-bond acceptors (Lipinski definition) is 19. The second kappa shape index (κ2) is 18.3. The summed E-state index contributed by atoms with van der Waals surface area (Å²) in [4.78, 5) is 36.3. The monoisotopic (exact) mass is 874 g/mol. The van der Waals surface area contributed by atoms with Gasteiger partial charge in [0.2, 0.25) is 11.6 Å². The Balaban J connectivity index is 0.000000203. The van der Waals surface area contributed by atoms with Crippen LogP contribution in [0, 0.1) is 11.6 Å². The van der Waals surface area contributed by atoms with Crippen molar-refractivity contribution in [2.45, 2.75) is 81.0 Å². The van der Waals surface area contributed by atoms with Gasteiger partial charge in [-0.2, -0.15) is 0 Å². The molecule has 4 heterocycles. The first kappa shape index (κ1) is 43.9. The molecule has 2 unspecified atom stereocenters. The van der Waals surface area contributed by atoms with E-state index in [4.69, 9.17) is 28.8 Å². The van der Waals surface area contributed by atoms with Gasteiger partial charge in [-0.25, -0.2) is 41.6 Å². The zero-order valence-electron chi connectivity index (χ0n) is 31.4. The second-order valence-corrected chi connectivity index (χ2v) is 16.3. The van der Waals surface area contributed by atoms with E-state index in [-0.39, 0.29) is 65.9 Å². The van der Waals surface area contributed by atoms with E-state index in [1.165, 1.54) is 45.2 Å². The van der Waals surface area contributed by atoms with Crippen molar-refractivity contribution in [2.24, 2.45) is 5.73 Å². The summed E-state index contributed by atoms with van der Waals surface area (Å²) in [6.45, 7) is 5.27. The zero-order chi connectivity index (χ0) is 42.0. The molecule has 60 heavy (non-hydrogen) atoms. The number of fused-ring (bicyclic) bond motifs is 2. The summed E-state index contributed by atoms with van der Waals surface area (Å²) in [6, 6.07) is 8.01. The number of nitrogens with one attached hydrogen (secondary N) is 1. The van der Waals surface area contributed by atoms with Gasteiger partial charge in [-0.1, -0.05) is 53.4 Å². The zero-order valence-corrected chi connectivity index (χ0v) is 33.0. The highest BCUT2D eigenvalue weighted by Gasteiger charge is 2.36. The van der Waals surface area contributed by atoms with Crippen molar-refractivity contribution in [1.29, 1.82) is 0 Å². The van der Waals surface area contributed by atoms with Gasteiger partial charge in [0, 0.05) is 24.6 Å². The van der Waals surface area contributed by atoms with E-state index < -0.39 is 53.3 Å². The number of ether oxygens (including phenoxy) is 1. The maximum atomic E-state index is 13.7. The molecule has 0 radical (unpaired) electrons. The molecule has 20 nitrogen and oxygen atoms in total. The van der Waals surface area contributed by atoms with Crippen LogP contribution in [0.25, 0.3) is 23.0 Å². The van der Waals surface area contributed by atoms with Crippen LogP contribution >= 0.6 is 23.5 Å². The Morgan fingerprint density at radius 1 is 0.833 bits per heavy atom. The first-order valence-corrected chi connectivity index (χ1v) is 19.8. The molecule has 4 atom stereocenters. The number of benzene rings is 2. The number of nitrogens with two attached hydrogens (primary N) is 1. The highest BCUT2D eigenvalue weighted by Crippen LogP contribution is 2.40. The minimum Gasteiger partial charge on any atom is -0.444 e. The standard InChI is InChI=1S/C20H22FN5O6S.C15H14FN5O4S.CH4/c1-20(2,3)30-18(28)22-8-12(27)9-33-17-15(23-32-25-17)16-24-31-19(29)26(16)14-6-10-4-5-11(21)7-13(10)14;16-8-2-1-7-3-11(10(7)4-8)21-13(19-24-15(21)23)12-14(20-25-18-12)26-6-9(22)5-17;/h4-5,7,12,14,27H,6,8-9H2,1-3H3,(H,22,28);1-2,4,9,11,22H,3,5-6,17H2;1H4/t12?,14-;9?,11-;/m00./s1. The average Bonchev–Trinajstić information content (AvgIpc) is 3.99. The van der Waals surface area contributed by atoms with Crippen molar-refractivity contribution < 1.29 is 46.8 Å². The predicted octanol–water partition coefficient (Wildman–Crippen LogP) is 3.37. The van der Waals surface area contributed by atoms with Crippen LogP contribution in [-0.4, -0.2) is 98.8 Å². The number of nitrogens with zero attached hydrogens (tertiary/aromatic N) is 8. The fraction of sp³-hybridized carbons (Fsp3) is 0.417. The number of carbonyl (C=O) groups excluding carboxylic acids is 1. The normalized spacial score (nSPS) is 16.2. The molecule has 0 aliphatic heterocycles. The molecule has 2 aliphatic rings. The lowest BCUT2D eigenvalue weighted by atomic mass is 9.83. The number of hydrogen-bond donors (Lipinski definition) is 4. The lowest BCUT2D eigenvalue weighted by Crippen LogP contribution is -2.37. The van der Waals surface area contributed by atoms with Gasteiger partial charge in [0.15, 0.2) is 21.4 Å². The summed E-state index contributed by atoms with van der Waals surface area (Å²) in [5.41, 5.74) is 8.35. The number of carbonyl (C=O) groups is 1. The van der Waals surface area contributed by atoms with Crippen LogP contribution in [0.3, 0.4) is 0 Å². The number of aliphatic hydroxyl groups is 2. The molecule has 0 saturated heterocycles. The highest BCUT2D eigenvalue weighted by molar-refractivity contribution is 7.99. The smallest absolute Gasteiger partial charge is 0.442 e. The molecule has 0 fully saturated rings. The summed E-state index contributed by atoms with van der Waals surface area (Å²) < 4.78 is 54.2. The number of alkyl carbamates (subject to hydrolysis) is 1. The van der Waals surface area contributed by atoms with Crippen LogP contribution in [0.15, 0.2) is 74.3 Å². The van der Waals surface area contributed by atoms with Crippen molar-refractivity contribution in [1.82, 2.24) is 45.4 Å². The van der Waals surface area contributed by atoms with E-state index in [1.807, 2.05) is 0 Å². The summed E-state index contributed by atoms with van der Waals surface area (Å²) in [7, 11) is 0. The first-order valence-electron chi connectivity index (χ1n) is 17.9. The van der Waals surface area contributed by atoms with Crippen LogP contribution in [0.1, 0.15) is 62.5 Å². The van der Waals surface area contributed by atoms with Crippen molar-refractivity contribution in [3.8, 4) is 23.0 Å². The van der Waals surface area contributed by atoms with Crippen LogP contribution in [0.2, 0.25) is 0 Å². The topological polar surface area (TPSA) is 279 Å². The van der Waals surface area contributed by atoms with E-state index in [0.29, 0.717) is 29.0 Å². The number of amides is 1. The third-order valence-corrected chi connectivity index (χ3v) is 11.2. The molecule has 1 amide bonds. The van der Waals surface area contributed by atoms with Crippen molar-refractivity contribution in [2.75, 3.05) is 24.6 Å². The van der Waals surface area contributed by atoms with E-state index in [9.17, 15) is 33.4 Å². The quantitative estimate of drug-likeness (QED) is 0.121. The molecule has 0 spiro atoms. The van der Waals surface area contributed by atoms with Crippen LogP contribution in [0.5, 0.6) is 0 Å². The van der Waals surface area contributed by atoms with Gasteiger partial charge in [-0.3, -0.25) is 9.05 Å². The fourth-order valence-electron chi connectivity index (χ4n) is 6.15. The highest BCUT2D eigenvalue weighted by atomic mass is 32.2. The minimum absolute atomic E-state index is 0. The molecule has 0 saturated carbocycles. The SMILES string of the molecule is C.CC(C)(C)OC(=O)NCC(O)CSc1nonc1-c1noc(=O)n1[C@H]1Cc2ccc(F)cc21.NCC(O)CSc1nonc1-c1noc(=O)n1[C@H]1Cc2ccc(F)cc21. The molecule has 6 aromatic rings. The van der Waals surface area contributed by atoms with Gasteiger partial charge in [-0.15, -0.1) is 0 Å². The largest absolute Gasteiger partial charge is 0.444 e. The molecule has 320 valence electrons. The molecular formula is C36H40F2N10O10S2. The van der Waals surface area contributed by atoms with E-state index >= 15 is 0 Å². The third kappa shape index (κ3) is 9.51. The Hall–Kier alpha value is -5.69. The number of halogens is 2. The molecule has 2 aliphatic carbocycles. The summed E-state index contributed by atoms with van der Waals surface area (Å²) in [6.07, 6.45) is -1.23. The molecule has 24 heteroatoms. The molecule has 5 N–H and O–H groups in total. The number of aromatic nitrogens is 8. The van der Waals surface area contributed by atoms with E-state index in [2.05, 4.69) is 36.3 Å². The summed E-state index contributed by atoms with van der Waals surface area (Å²) >= 11 is 2.27. The van der Waals surface area contributed by atoms with Crippen molar-refractivity contribution in [3.63, 3.8) is 0 Å². The van der Waals surface area contributed by atoms with Crippen LogP contribution < -0.4 is 22.6 Å². The first-order chi connectivity index (χ1) is 28.2. The third-order valence-electron chi connectivity index (χ3n) is 8.97. The van der Waals surface area contributed by atoms with Gasteiger partial charge < -0.3 is 26.0 Å². The van der Waals surface area contributed by atoms with Crippen LogP contribution in [0.4, 0.5) is 13.6 Å². The Kier molecular flexibility index (Phi) is 13.4. The molecule has 8 rings (SSSR count). The van der Waals surface area contributed by atoms with Crippen molar-refractivity contribution >= 4 is 29.6 Å². The second-order valence-electron chi connectivity index (χ2n) is 14.3. The number of thioether (sulfide) groups is 2. The van der Waals surface area contributed by atoms with Gasteiger partial charge >= 0.3 is 17.6 Å². The minimum atomic E-state index is -0.923. The average molecular weight is 875 g/mol. The number of rotatable bonds is 13. The van der Waals surface area contributed by atoms with Crippen LogP contribution in [-0.2, 0) is 17.6 Å².